The first-order valence-electron chi connectivity index (χ1n) is 7.63. The van der Waals surface area contributed by atoms with Crippen molar-refractivity contribution < 1.29 is 4.79 Å². The van der Waals surface area contributed by atoms with E-state index in [9.17, 15) is 4.79 Å². The monoisotopic (exact) mass is 296 g/mol. The highest BCUT2D eigenvalue weighted by atomic mass is 16.2. The number of amides is 1. The molecule has 0 bridgehead atoms. The number of likely N-dealkylation sites (N-methyl/N-ethyl adjacent to an activating group) is 1. The van der Waals surface area contributed by atoms with Crippen molar-refractivity contribution >= 4 is 11.6 Å². The molecule has 0 fully saturated rings. The number of anilines is 1. The third kappa shape index (κ3) is 4.35. The lowest BCUT2D eigenvalue weighted by Gasteiger charge is -2.18. The summed E-state index contributed by atoms with van der Waals surface area (Å²) in [6.07, 6.45) is 0.404. The van der Waals surface area contributed by atoms with Crippen LogP contribution in [0.25, 0.3) is 0 Å². The Morgan fingerprint density at radius 3 is 2.09 bits per heavy atom. The summed E-state index contributed by atoms with van der Waals surface area (Å²) in [4.78, 5) is 14.0. The van der Waals surface area contributed by atoms with Crippen LogP contribution in [0, 0.1) is 0 Å². The van der Waals surface area contributed by atoms with Crippen LogP contribution in [0.15, 0.2) is 48.5 Å². The lowest BCUT2D eigenvalue weighted by molar-refractivity contribution is -0.129. The smallest absolute Gasteiger partial charge is 0.227 e. The Morgan fingerprint density at radius 1 is 1.00 bits per heavy atom. The second-order valence-electron chi connectivity index (χ2n) is 6.06. The number of carbonyl (C=O) groups excluding carboxylic acids is 1. The molecule has 2 aromatic rings. The van der Waals surface area contributed by atoms with E-state index >= 15 is 0 Å². The molecule has 0 aliphatic carbocycles. The number of nitrogens with two attached hydrogens (primary N) is 1. The van der Waals surface area contributed by atoms with Crippen molar-refractivity contribution in [2.75, 3.05) is 12.8 Å². The molecule has 0 saturated heterocycles. The molecule has 0 unspecified atom stereocenters. The topological polar surface area (TPSA) is 46.3 Å². The maximum Gasteiger partial charge on any atom is 0.227 e. The van der Waals surface area contributed by atoms with Gasteiger partial charge < -0.3 is 10.6 Å². The van der Waals surface area contributed by atoms with E-state index in [4.69, 9.17) is 5.73 Å². The summed E-state index contributed by atoms with van der Waals surface area (Å²) in [5.41, 5.74) is 9.83. The predicted octanol–water partition coefficient (Wildman–Crippen LogP) is 3.59. The minimum absolute atomic E-state index is 0.109. The Hall–Kier alpha value is -2.29. The van der Waals surface area contributed by atoms with Crippen molar-refractivity contribution in [3.05, 3.63) is 65.2 Å². The number of nitrogen functional groups attached to an aromatic ring is 1. The molecule has 0 radical (unpaired) electrons. The van der Waals surface area contributed by atoms with Crippen LogP contribution in [0.5, 0.6) is 0 Å². The molecule has 0 aromatic heterocycles. The van der Waals surface area contributed by atoms with Crippen LogP contribution in [0.2, 0.25) is 0 Å². The van der Waals surface area contributed by atoms with Crippen LogP contribution in [-0.4, -0.2) is 17.9 Å². The van der Waals surface area contributed by atoms with Gasteiger partial charge in [-0.2, -0.15) is 0 Å². The van der Waals surface area contributed by atoms with E-state index in [1.54, 1.807) is 4.90 Å². The summed E-state index contributed by atoms with van der Waals surface area (Å²) in [5.74, 6) is 0.636. The van der Waals surface area contributed by atoms with Gasteiger partial charge in [-0.3, -0.25) is 4.79 Å². The molecule has 116 valence electrons. The average molecular weight is 296 g/mol. The molecule has 0 atom stereocenters. The Morgan fingerprint density at radius 2 is 1.55 bits per heavy atom. The van der Waals surface area contributed by atoms with Gasteiger partial charge in [0.05, 0.1) is 6.42 Å². The summed E-state index contributed by atoms with van der Waals surface area (Å²) in [5, 5.41) is 0. The van der Waals surface area contributed by atoms with Crippen molar-refractivity contribution in [3.8, 4) is 0 Å². The molecule has 2 aromatic carbocycles. The molecule has 3 nitrogen and oxygen atoms in total. The van der Waals surface area contributed by atoms with Gasteiger partial charge >= 0.3 is 0 Å². The molecular formula is C19H24N2O. The molecular weight excluding hydrogens is 272 g/mol. The average Bonchev–Trinajstić information content (AvgIpc) is 2.50. The third-order valence-corrected chi connectivity index (χ3v) is 3.83. The fourth-order valence-electron chi connectivity index (χ4n) is 2.32. The maximum atomic E-state index is 12.3. The number of carbonyl (C=O) groups is 1. The summed E-state index contributed by atoms with van der Waals surface area (Å²) in [7, 11) is 1.84. The lowest BCUT2D eigenvalue weighted by atomic mass is 10.0. The van der Waals surface area contributed by atoms with Gasteiger partial charge in [0, 0.05) is 19.3 Å². The van der Waals surface area contributed by atoms with Crippen molar-refractivity contribution in [2.45, 2.75) is 32.7 Å². The highest BCUT2D eigenvalue weighted by Crippen LogP contribution is 2.16. The third-order valence-electron chi connectivity index (χ3n) is 3.83. The first-order valence-corrected chi connectivity index (χ1v) is 7.63. The van der Waals surface area contributed by atoms with E-state index in [1.165, 1.54) is 5.56 Å². The minimum atomic E-state index is 0.109. The summed E-state index contributed by atoms with van der Waals surface area (Å²) >= 11 is 0. The standard InChI is InChI=1S/C19H24N2O/c1-14(2)17-8-4-16(5-9-17)13-21(3)19(22)12-15-6-10-18(20)11-7-15/h4-11,14H,12-13,20H2,1-3H3. The van der Waals surface area contributed by atoms with Crippen LogP contribution in [0.1, 0.15) is 36.5 Å². The van der Waals surface area contributed by atoms with E-state index in [-0.39, 0.29) is 5.91 Å². The number of hydrogen-bond acceptors (Lipinski definition) is 2. The molecule has 0 spiro atoms. The molecule has 0 heterocycles. The Balaban J connectivity index is 1.94. The first-order chi connectivity index (χ1) is 10.5. The van der Waals surface area contributed by atoms with Crippen LogP contribution in [0.4, 0.5) is 5.69 Å². The first kappa shape index (κ1) is 16.1. The van der Waals surface area contributed by atoms with Crippen LogP contribution >= 0.6 is 0 Å². The highest BCUT2D eigenvalue weighted by Gasteiger charge is 2.10. The number of benzene rings is 2. The molecule has 2 N–H and O–H groups in total. The number of nitrogens with zero attached hydrogens (tertiary/aromatic N) is 1. The van der Waals surface area contributed by atoms with Crippen LogP contribution in [0.3, 0.4) is 0 Å². The largest absolute Gasteiger partial charge is 0.399 e. The van der Waals surface area contributed by atoms with Crippen molar-refractivity contribution in [1.82, 2.24) is 4.90 Å². The molecule has 1 amide bonds. The zero-order valence-corrected chi connectivity index (χ0v) is 13.5. The zero-order valence-electron chi connectivity index (χ0n) is 13.5. The Kier molecular flexibility index (Phi) is 5.21. The molecule has 0 aliphatic heterocycles. The van der Waals surface area contributed by atoms with Gasteiger partial charge in [-0.1, -0.05) is 50.2 Å². The Bertz CT molecular complexity index is 615. The maximum absolute atomic E-state index is 12.3. The van der Waals surface area contributed by atoms with E-state index in [1.807, 2.05) is 31.3 Å². The van der Waals surface area contributed by atoms with Crippen LogP contribution < -0.4 is 5.73 Å². The molecule has 3 heteroatoms. The second kappa shape index (κ2) is 7.12. The van der Waals surface area contributed by atoms with Crippen molar-refractivity contribution in [1.29, 1.82) is 0 Å². The molecule has 0 saturated carbocycles. The molecule has 22 heavy (non-hydrogen) atoms. The van der Waals surface area contributed by atoms with E-state index in [0.717, 1.165) is 16.8 Å². The summed E-state index contributed by atoms with van der Waals surface area (Å²) in [6.45, 7) is 4.99. The minimum Gasteiger partial charge on any atom is -0.399 e. The number of rotatable bonds is 5. The molecule has 0 aliphatic rings. The highest BCUT2D eigenvalue weighted by molar-refractivity contribution is 5.78. The SMILES string of the molecule is CC(C)c1ccc(CN(C)C(=O)Cc2ccc(N)cc2)cc1. The summed E-state index contributed by atoms with van der Waals surface area (Å²) in [6, 6.07) is 15.9. The van der Waals surface area contributed by atoms with E-state index in [0.29, 0.717) is 18.9 Å². The van der Waals surface area contributed by atoms with E-state index in [2.05, 4.69) is 38.1 Å². The fraction of sp³-hybridized carbons (Fsp3) is 0.316. The fourth-order valence-corrected chi connectivity index (χ4v) is 2.32. The summed E-state index contributed by atoms with van der Waals surface area (Å²) < 4.78 is 0. The van der Waals surface area contributed by atoms with Gasteiger partial charge in [-0.25, -0.2) is 0 Å². The van der Waals surface area contributed by atoms with Gasteiger partial charge in [0.25, 0.3) is 0 Å². The van der Waals surface area contributed by atoms with Gasteiger partial charge in [0.15, 0.2) is 0 Å². The van der Waals surface area contributed by atoms with Gasteiger partial charge in [-0.15, -0.1) is 0 Å². The predicted molar refractivity (Wildman–Crippen MR) is 91.6 cm³/mol. The van der Waals surface area contributed by atoms with Crippen molar-refractivity contribution in [2.24, 2.45) is 0 Å². The zero-order chi connectivity index (χ0) is 16.1. The normalized spacial score (nSPS) is 10.7. The number of hydrogen-bond donors (Lipinski definition) is 1. The van der Waals surface area contributed by atoms with Crippen LogP contribution in [-0.2, 0) is 17.8 Å². The Labute approximate surface area is 132 Å². The van der Waals surface area contributed by atoms with Crippen molar-refractivity contribution in [3.63, 3.8) is 0 Å². The van der Waals surface area contributed by atoms with E-state index < -0.39 is 0 Å². The van der Waals surface area contributed by atoms with Gasteiger partial charge in [0.1, 0.15) is 0 Å². The van der Waals surface area contributed by atoms with Gasteiger partial charge in [-0.05, 0) is 34.7 Å². The lowest BCUT2D eigenvalue weighted by Crippen LogP contribution is -2.27. The molecule has 2 rings (SSSR count). The van der Waals surface area contributed by atoms with Gasteiger partial charge in [0.2, 0.25) is 5.91 Å². The quantitative estimate of drug-likeness (QED) is 0.857. The second-order valence-corrected chi connectivity index (χ2v) is 6.06.